The van der Waals surface area contributed by atoms with Gasteiger partial charge in [-0.1, -0.05) is 0 Å². The third kappa shape index (κ3) is 6.45. The molecule has 3 atom stereocenters. The average molecular weight is 507 g/mol. The molecule has 0 bridgehead atoms. The van der Waals surface area contributed by atoms with Crippen molar-refractivity contribution in [3.8, 4) is 0 Å². The number of hydrogen-bond acceptors (Lipinski definition) is 10. The van der Waals surface area contributed by atoms with Crippen LogP contribution in [0.25, 0.3) is 0 Å². The lowest BCUT2D eigenvalue weighted by Gasteiger charge is -2.37. The van der Waals surface area contributed by atoms with Crippen LogP contribution in [0.5, 0.6) is 0 Å². The lowest BCUT2D eigenvalue weighted by molar-refractivity contribution is 0.0622. The Bertz CT molecular complexity index is 894. The number of pyridine rings is 1. The van der Waals surface area contributed by atoms with E-state index in [0.717, 1.165) is 43.1 Å². The maximum absolute atomic E-state index is 15.5. The van der Waals surface area contributed by atoms with Crippen LogP contribution in [0, 0.1) is 0 Å². The number of aliphatic hydroxyl groups is 1. The molecule has 1 fully saturated rings. The van der Waals surface area contributed by atoms with E-state index in [1.165, 1.54) is 0 Å². The van der Waals surface area contributed by atoms with Crippen LogP contribution in [0.2, 0.25) is 0 Å². The zero-order valence-corrected chi connectivity index (χ0v) is 21.6. The number of rotatable bonds is 11. The fourth-order valence-electron chi connectivity index (χ4n) is 5.00. The summed E-state index contributed by atoms with van der Waals surface area (Å²) < 4.78 is 15.5. The SMILES string of the molecule is CSC1Nc2cccnc2N1C(CCO)CCNCC1(F)CCN(CC2=CN(C)C(N)N=C2)CC1. The zero-order chi connectivity index (χ0) is 24.8. The number of halogens is 1. The van der Waals surface area contributed by atoms with Gasteiger partial charge in [0.15, 0.2) is 12.1 Å². The van der Waals surface area contributed by atoms with Gasteiger partial charge in [-0.05, 0) is 50.6 Å². The highest BCUT2D eigenvalue weighted by Gasteiger charge is 2.36. The third-order valence-corrected chi connectivity index (χ3v) is 7.87. The van der Waals surface area contributed by atoms with Crippen molar-refractivity contribution in [3.05, 3.63) is 30.1 Å². The first-order valence-electron chi connectivity index (χ1n) is 12.4. The predicted octanol–water partition coefficient (Wildman–Crippen LogP) is 1.64. The predicted molar refractivity (Wildman–Crippen MR) is 142 cm³/mol. The molecule has 0 aliphatic carbocycles. The van der Waals surface area contributed by atoms with E-state index in [0.29, 0.717) is 32.4 Å². The maximum atomic E-state index is 15.5. The normalized spacial score (nSPS) is 24.8. The standard InChI is InChI=1S/C24H39FN8OS/c1-31-15-18(14-29-22(31)26)16-32-11-7-24(25,8-12-32)17-27-10-5-19(6-13-34)33-21-20(4-3-9-28-21)30-23(33)35-2/h3-4,9,14-15,19,22-23,27,30,34H,5-8,10-13,16-17,26H2,1-2H3. The summed E-state index contributed by atoms with van der Waals surface area (Å²) >= 11 is 1.71. The van der Waals surface area contributed by atoms with Crippen molar-refractivity contribution in [1.82, 2.24) is 20.1 Å². The van der Waals surface area contributed by atoms with Crippen molar-refractivity contribution in [3.63, 3.8) is 0 Å². The number of fused-ring (bicyclic) bond motifs is 1. The minimum atomic E-state index is -1.19. The van der Waals surface area contributed by atoms with Crippen molar-refractivity contribution >= 4 is 29.5 Å². The summed E-state index contributed by atoms with van der Waals surface area (Å²) in [5.74, 6) is 0.922. The molecule has 1 saturated heterocycles. The molecule has 4 rings (SSSR count). The van der Waals surface area contributed by atoms with Gasteiger partial charge in [0.1, 0.15) is 11.2 Å². The van der Waals surface area contributed by atoms with Crippen LogP contribution in [-0.2, 0) is 0 Å². The van der Waals surface area contributed by atoms with Gasteiger partial charge in [-0.25, -0.2) is 9.37 Å². The molecule has 5 N–H and O–H groups in total. The van der Waals surface area contributed by atoms with Crippen LogP contribution in [0.4, 0.5) is 15.9 Å². The molecule has 0 amide bonds. The second-order valence-electron chi connectivity index (χ2n) is 9.63. The molecule has 194 valence electrons. The molecule has 1 aromatic heterocycles. The Hall–Kier alpha value is -1.92. The highest BCUT2D eigenvalue weighted by molar-refractivity contribution is 7.99. The summed E-state index contributed by atoms with van der Waals surface area (Å²) in [4.78, 5) is 15.3. The number of piperidine rings is 1. The second kappa shape index (κ2) is 11.9. The molecule has 1 aromatic rings. The fraction of sp³-hybridized carbons (Fsp3) is 0.667. The number of aromatic nitrogens is 1. The lowest BCUT2D eigenvalue weighted by Crippen LogP contribution is -2.49. The number of nitrogens with one attached hydrogen (secondary N) is 2. The Morgan fingerprint density at radius 1 is 1.37 bits per heavy atom. The van der Waals surface area contributed by atoms with Crippen molar-refractivity contribution in [1.29, 1.82) is 0 Å². The summed E-state index contributed by atoms with van der Waals surface area (Å²) in [6.07, 6.45) is 9.88. The molecule has 0 radical (unpaired) electrons. The number of alkyl halides is 1. The Kier molecular flexibility index (Phi) is 8.87. The van der Waals surface area contributed by atoms with Crippen molar-refractivity contribution in [2.75, 3.05) is 62.9 Å². The molecule has 0 spiro atoms. The molecule has 9 nitrogen and oxygen atoms in total. The number of anilines is 2. The quantitative estimate of drug-likeness (QED) is 0.333. The van der Waals surface area contributed by atoms with Crippen LogP contribution in [0.15, 0.2) is 35.1 Å². The molecular weight excluding hydrogens is 467 g/mol. The van der Waals surface area contributed by atoms with E-state index in [-0.39, 0.29) is 24.4 Å². The van der Waals surface area contributed by atoms with E-state index in [9.17, 15) is 5.11 Å². The molecular formula is C24H39FN8OS. The van der Waals surface area contributed by atoms with E-state index >= 15 is 4.39 Å². The van der Waals surface area contributed by atoms with E-state index in [2.05, 4.69) is 36.7 Å². The topological polar surface area (TPSA) is 105 Å². The first-order valence-corrected chi connectivity index (χ1v) is 13.7. The van der Waals surface area contributed by atoms with E-state index in [4.69, 9.17) is 5.73 Å². The highest BCUT2D eigenvalue weighted by Crippen LogP contribution is 2.38. The van der Waals surface area contributed by atoms with Crippen molar-refractivity contribution in [2.24, 2.45) is 10.7 Å². The molecule has 0 saturated carbocycles. The molecule has 3 aliphatic heterocycles. The van der Waals surface area contributed by atoms with Gasteiger partial charge in [0.2, 0.25) is 0 Å². The molecule has 3 aliphatic rings. The third-order valence-electron chi connectivity index (χ3n) is 7.08. The van der Waals surface area contributed by atoms with E-state index < -0.39 is 5.67 Å². The second-order valence-corrected chi connectivity index (χ2v) is 10.6. The number of nitrogens with zero attached hydrogens (tertiary/aromatic N) is 5. The summed E-state index contributed by atoms with van der Waals surface area (Å²) in [5.41, 5.74) is 6.87. The number of nitrogens with two attached hydrogens (primary N) is 1. The number of likely N-dealkylation sites (tertiary alicyclic amines) is 1. The summed E-state index contributed by atoms with van der Waals surface area (Å²) in [6.45, 7) is 3.37. The van der Waals surface area contributed by atoms with Crippen LogP contribution in [0.3, 0.4) is 0 Å². The Morgan fingerprint density at radius 3 is 2.89 bits per heavy atom. The molecule has 35 heavy (non-hydrogen) atoms. The fourth-order valence-corrected chi connectivity index (χ4v) is 5.74. The Balaban J connectivity index is 1.23. The first-order chi connectivity index (χ1) is 16.9. The monoisotopic (exact) mass is 506 g/mol. The molecule has 11 heteroatoms. The summed E-state index contributed by atoms with van der Waals surface area (Å²) in [6, 6.07) is 4.07. The van der Waals surface area contributed by atoms with Gasteiger partial charge >= 0.3 is 0 Å². The van der Waals surface area contributed by atoms with Gasteiger partial charge in [-0.3, -0.25) is 15.6 Å². The summed E-state index contributed by atoms with van der Waals surface area (Å²) in [7, 11) is 1.91. The van der Waals surface area contributed by atoms with Gasteiger partial charge in [0, 0.05) is 70.1 Å². The number of aliphatic imine (C=N–C) groups is 1. The van der Waals surface area contributed by atoms with Crippen LogP contribution < -0.4 is 21.3 Å². The van der Waals surface area contributed by atoms with Gasteiger partial charge in [-0.15, -0.1) is 11.8 Å². The number of hydrogen-bond donors (Lipinski definition) is 4. The van der Waals surface area contributed by atoms with E-state index in [1.807, 2.05) is 36.5 Å². The van der Waals surface area contributed by atoms with Crippen molar-refractivity contribution in [2.45, 2.75) is 49.2 Å². The number of thioether (sulfide) groups is 1. The average Bonchev–Trinajstić information content (AvgIpc) is 3.24. The van der Waals surface area contributed by atoms with Gasteiger partial charge in [0.25, 0.3) is 0 Å². The van der Waals surface area contributed by atoms with Crippen LogP contribution in [-0.4, -0.2) is 102 Å². The lowest BCUT2D eigenvalue weighted by atomic mass is 9.93. The Labute approximate surface area is 212 Å². The van der Waals surface area contributed by atoms with Gasteiger partial charge in [-0.2, -0.15) is 0 Å². The van der Waals surface area contributed by atoms with Gasteiger partial charge < -0.3 is 25.5 Å². The minimum Gasteiger partial charge on any atom is -0.396 e. The number of aliphatic hydroxyl groups excluding tert-OH is 1. The molecule has 3 unspecified atom stereocenters. The van der Waals surface area contributed by atoms with Crippen molar-refractivity contribution < 1.29 is 9.50 Å². The van der Waals surface area contributed by atoms with Crippen LogP contribution in [0.1, 0.15) is 25.7 Å². The van der Waals surface area contributed by atoms with E-state index in [1.54, 1.807) is 18.0 Å². The summed E-state index contributed by atoms with van der Waals surface area (Å²) in [5, 5.41) is 16.6. The largest absolute Gasteiger partial charge is 0.396 e. The minimum absolute atomic E-state index is 0.0770. The molecule has 0 aromatic carbocycles. The zero-order valence-electron chi connectivity index (χ0n) is 20.7. The van der Waals surface area contributed by atoms with Gasteiger partial charge in [0.05, 0.1) is 5.69 Å². The maximum Gasteiger partial charge on any atom is 0.172 e. The highest BCUT2D eigenvalue weighted by atomic mass is 32.2. The smallest absolute Gasteiger partial charge is 0.172 e. The van der Waals surface area contributed by atoms with Crippen LogP contribution >= 0.6 is 11.8 Å². The first kappa shape index (κ1) is 26.2. The molecule has 4 heterocycles. The Morgan fingerprint density at radius 2 is 2.17 bits per heavy atom.